The summed E-state index contributed by atoms with van der Waals surface area (Å²) >= 11 is 8.13. The number of anilines is 1. The van der Waals surface area contributed by atoms with Crippen molar-refractivity contribution in [3.63, 3.8) is 0 Å². The number of thioether (sulfide) groups is 1. The summed E-state index contributed by atoms with van der Waals surface area (Å²) in [6.07, 6.45) is 4.19. The van der Waals surface area contributed by atoms with Crippen LogP contribution < -0.4 is 4.90 Å². The predicted molar refractivity (Wildman–Crippen MR) is 139 cm³/mol. The molecule has 0 saturated carbocycles. The molecule has 32 heavy (non-hydrogen) atoms. The van der Waals surface area contributed by atoms with Gasteiger partial charge >= 0.3 is 0 Å². The van der Waals surface area contributed by atoms with Crippen molar-refractivity contribution >= 4 is 57.5 Å². The van der Waals surface area contributed by atoms with Crippen LogP contribution >= 0.6 is 23.4 Å². The van der Waals surface area contributed by atoms with Gasteiger partial charge in [0.25, 0.3) is 5.91 Å². The summed E-state index contributed by atoms with van der Waals surface area (Å²) < 4.78 is 0. The summed E-state index contributed by atoms with van der Waals surface area (Å²) in [5.41, 5.74) is 5.12. The summed E-state index contributed by atoms with van der Waals surface area (Å²) in [5, 5.41) is 1.34. The fourth-order valence-corrected chi connectivity index (χ4v) is 5.69. The van der Waals surface area contributed by atoms with Crippen LogP contribution in [0.3, 0.4) is 0 Å². The highest BCUT2D eigenvalue weighted by Crippen LogP contribution is 2.42. The van der Waals surface area contributed by atoms with E-state index in [0.29, 0.717) is 21.6 Å². The van der Waals surface area contributed by atoms with E-state index in [9.17, 15) is 4.79 Å². The van der Waals surface area contributed by atoms with Gasteiger partial charge in [-0.2, -0.15) is 0 Å². The SMILES string of the molecule is CCN1C(=O)/C(=C\c2cc3c(cc2Cl)N(CC)C(C)(C)C=C3C)SC1=Nc1ccccc1. The van der Waals surface area contributed by atoms with Gasteiger partial charge in [0.1, 0.15) is 0 Å². The van der Waals surface area contributed by atoms with E-state index in [1.165, 1.54) is 17.3 Å². The maximum absolute atomic E-state index is 13.1. The van der Waals surface area contributed by atoms with Crippen LogP contribution in [0.25, 0.3) is 11.6 Å². The van der Waals surface area contributed by atoms with E-state index in [2.05, 4.69) is 49.7 Å². The number of benzene rings is 2. The van der Waals surface area contributed by atoms with E-state index in [1.807, 2.05) is 49.4 Å². The molecule has 4 nitrogen and oxygen atoms in total. The number of allylic oxidation sites excluding steroid dienone is 1. The number of carbonyl (C=O) groups is 1. The summed E-state index contributed by atoms with van der Waals surface area (Å²) in [5.74, 6) is -0.0375. The van der Waals surface area contributed by atoms with Gasteiger partial charge in [-0.05, 0) is 87.9 Å². The number of fused-ring (bicyclic) bond motifs is 1. The summed E-state index contributed by atoms with van der Waals surface area (Å²) in [4.78, 5) is 22.5. The zero-order valence-corrected chi connectivity index (χ0v) is 20.7. The van der Waals surface area contributed by atoms with Crippen molar-refractivity contribution in [3.05, 3.63) is 69.6 Å². The zero-order chi connectivity index (χ0) is 23.0. The Kier molecular flexibility index (Phi) is 6.24. The monoisotopic (exact) mass is 465 g/mol. The molecular formula is C26H28ClN3OS. The highest BCUT2D eigenvalue weighted by molar-refractivity contribution is 8.18. The topological polar surface area (TPSA) is 35.9 Å². The smallest absolute Gasteiger partial charge is 0.266 e. The molecule has 4 rings (SSSR count). The number of likely N-dealkylation sites (N-methyl/N-ethyl adjacent to an activating group) is 2. The minimum absolute atomic E-state index is 0.0375. The molecule has 0 atom stereocenters. The average Bonchev–Trinajstić information content (AvgIpc) is 3.03. The molecule has 0 N–H and O–H groups in total. The number of rotatable bonds is 4. The van der Waals surface area contributed by atoms with Gasteiger partial charge in [-0.15, -0.1) is 0 Å². The molecule has 0 spiro atoms. The number of hydrogen-bond acceptors (Lipinski definition) is 4. The van der Waals surface area contributed by atoms with Crippen LogP contribution in [0.2, 0.25) is 5.02 Å². The van der Waals surface area contributed by atoms with Gasteiger partial charge in [0.2, 0.25) is 0 Å². The van der Waals surface area contributed by atoms with Gasteiger partial charge in [0.05, 0.1) is 16.1 Å². The Bertz CT molecular complexity index is 1150. The summed E-state index contributed by atoms with van der Waals surface area (Å²) in [7, 11) is 0. The van der Waals surface area contributed by atoms with Crippen LogP contribution in [0.15, 0.2) is 58.4 Å². The Morgan fingerprint density at radius 1 is 1.12 bits per heavy atom. The second-order valence-corrected chi connectivity index (χ2v) is 9.92. The molecule has 0 radical (unpaired) electrons. The molecule has 1 saturated heterocycles. The Balaban J connectivity index is 1.74. The van der Waals surface area contributed by atoms with Gasteiger partial charge in [-0.1, -0.05) is 35.9 Å². The van der Waals surface area contributed by atoms with Crippen molar-refractivity contribution in [2.24, 2.45) is 4.99 Å². The van der Waals surface area contributed by atoms with Crippen LogP contribution in [0, 0.1) is 0 Å². The van der Waals surface area contributed by atoms with Crippen molar-refractivity contribution in [2.45, 2.75) is 40.2 Å². The Labute approximate surface area is 199 Å². The fraction of sp³-hybridized carbons (Fsp3) is 0.308. The quantitative estimate of drug-likeness (QED) is 0.456. The van der Waals surface area contributed by atoms with Gasteiger partial charge in [0.15, 0.2) is 5.17 Å². The van der Waals surface area contributed by atoms with Crippen molar-refractivity contribution in [3.8, 4) is 0 Å². The van der Waals surface area contributed by atoms with Crippen LogP contribution in [0.5, 0.6) is 0 Å². The molecule has 6 heteroatoms. The lowest BCUT2D eigenvalue weighted by Gasteiger charge is -2.43. The Morgan fingerprint density at radius 2 is 1.84 bits per heavy atom. The molecule has 0 aliphatic carbocycles. The normalized spacial score (nSPS) is 20.2. The third kappa shape index (κ3) is 4.12. The zero-order valence-electron chi connectivity index (χ0n) is 19.1. The van der Waals surface area contributed by atoms with Crippen LogP contribution in [0.1, 0.15) is 45.7 Å². The van der Waals surface area contributed by atoms with Crippen LogP contribution in [-0.2, 0) is 4.79 Å². The molecule has 166 valence electrons. The van der Waals surface area contributed by atoms with Gasteiger partial charge in [0, 0.05) is 29.4 Å². The lowest BCUT2D eigenvalue weighted by Crippen LogP contribution is -2.44. The maximum atomic E-state index is 13.1. The molecule has 0 aromatic heterocycles. The second-order valence-electron chi connectivity index (χ2n) is 8.51. The minimum atomic E-state index is -0.0726. The Morgan fingerprint density at radius 3 is 2.50 bits per heavy atom. The first-order chi connectivity index (χ1) is 15.2. The fourth-order valence-electron chi connectivity index (χ4n) is 4.43. The molecule has 1 amide bonds. The van der Waals surface area contributed by atoms with Crippen molar-refractivity contribution in [1.29, 1.82) is 0 Å². The summed E-state index contributed by atoms with van der Waals surface area (Å²) in [6, 6.07) is 13.8. The van der Waals surface area contributed by atoms with E-state index < -0.39 is 0 Å². The van der Waals surface area contributed by atoms with Gasteiger partial charge in [-0.3, -0.25) is 9.69 Å². The third-order valence-electron chi connectivity index (χ3n) is 5.88. The number of amides is 1. The maximum Gasteiger partial charge on any atom is 0.266 e. The second kappa shape index (κ2) is 8.80. The number of aliphatic imine (C=N–C) groups is 1. The van der Waals surface area contributed by atoms with E-state index in [1.54, 1.807) is 4.90 Å². The molecule has 2 heterocycles. The molecule has 2 aromatic rings. The highest BCUT2D eigenvalue weighted by Gasteiger charge is 2.33. The molecule has 2 aliphatic heterocycles. The molecular weight excluding hydrogens is 438 g/mol. The Hall–Kier alpha value is -2.50. The van der Waals surface area contributed by atoms with E-state index in [-0.39, 0.29) is 11.4 Å². The first kappa shape index (κ1) is 22.7. The number of hydrogen-bond donors (Lipinski definition) is 0. The van der Waals surface area contributed by atoms with Crippen LogP contribution in [-0.4, -0.2) is 34.6 Å². The predicted octanol–water partition coefficient (Wildman–Crippen LogP) is 6.99. The molecule has 1 fully saturated rings. The molecule has 0 bridgehead atoms. The lowest BCUT2D eigenvalue weighted by molar-refractivity contribution is -0.122. The van der Waals surface area contributed by atoms with Gasteiger partial charge in [-0.25, -0.2) is 4.99 Å². The molecule has 2 aromatic carbocycles. The average molecular weight is 466 g/mol. The van der Waals surface area contributed by atoms with E-state index in [4.69, 9.17) is 11.6 Å². The van der Waals surface area contributed by atoms with Crippen molar-refractivity contribution in [2.75, 3.05) is 18.0 Å². The number of para-hydroxylation sites is 1. The van der Waals surface area contributed by atoms with Crippen LogP contribution in [0.4, 0.5) is 11.4 Å². The minimum Gasteiger partial charge on any atom is -0.363 e. The molecule has 2 aliphatic rings. The number of nitrogens with zero attached hydrogens (tertiary/aromatic N) is 3. The van der Waals surface area contributed by atoms with E-state index >= 15 is 0 Å². The van der Waals surface area contributed by atoms with E-state index in [0.717, 1.165) is 29.0 Å². The van der Waals surface area contributed by atoms with Gasteiger partial charge < -0.3 is 4.90 Å². The van der Waals surface area contributed by atoms with Crippen molar-refractivity contribution < 1.29 is 4.79 Å². The number of amidine groups is 1. The molecule has 0 unspecified atom stereocenters. The third-order valence-corrected chi connectivity index (χ3v) is 7.22. The number of halogens is 1. The number of carbonyl (C=O) groups excluding carboxylic acids is 1. The first-order valence-corrected chi connectivity index (χ1v) is 12.1. The lowest BCUT2D eigenvalue weighted by atomic mass is 9.88. The van der Waals surface area contributed by atoms with Crippen molar-refractivity contribution in [1.82, 2.24) is 4.90 Å². The highest BCUT2D eigenvalue weighted by atomic mass is 35.5. The summed E-state index contributed by atoms with van der Waals surface area (Å²) in [6.45, 7) is 12.1. The largest absolute Gasteiger partial charge is 0.363 e. The standard InChI is InChI=1S/C26H28ClN3OS/c1-6-29-24(31)23(32-25(29)28-19-11-9-8-10-12-19)14-18-13-20-17(3)16-26(4,5)30(7-2)22(20)15-21(18)27/h8-16H,6-7H2,1-5H3/b23-14+,28-25?. The first-order valence-electron chi connectivity index (χ1n) is 10.9.